The summed E-state index contributed by atoms with van der Waals surface area (Å²) in [5.41, 5.74) is 6.63. The predicted molar refractivity (Wildman–Crippen MR) is 146 cm³/mol. The topological polar surface area (TPSA) is 129 Å². The van der Waals surface area contributed by atoms with Gasteiger partial charge in [0.05, 0.1) is 12.6 Å². The van der Waals surface area contributed by atoms with Gasteiger partial charge >= 0.3 is 6.09 Å². The molecule has 0 saturated carbocycles. The van der Waals surface area contributed by atoms with E-state index in [9.17, 15) is 14.4 Å². The molecule has 204 valence electrons. The number of amides is 2. The number of likely N-dealkylation sites (tertiary alicyclic amines) is 1. The van der Waals surface area contributed by atoms with Gasteiger partial charge in [-0.3, -0.25) is 9.59 Å². The third-order valence-corrected chi connectivity index (χ3v) is 6.90. The van der Waals surface area contributed by atoms with Crippen LogP contribution < -0.4 is 15.8 Å². The van der Waals surface area contributed by atoms with Crippen molar-refractivity contribution in [1.29, 1.82) is 0 Å². The van der Waals surface area contributed by atoms with Crippen molar-refractivity contribution in [2.24, 2.45) is 11.7 Å². The predicted octanol–water partition coefficient (Wildman–Crippen LogP) is 4.62. The summed E-state index contributed by atoms with van der Waals surface area (Å²) in [7, 11) is 0. The molecule has 0 bridgehead atoms. The first-order valence-electron chi connectivity index (χ1n) is 13.1. The summed E-state index contributed by atoms with van der Waals surface area (Å²) in [6, 6.07) is 16.5. The molecular formula is C29H33N5O5. The standard InChI is InChI=1S/C29H33N5O5/c1-29(2,3)39-28(37)33-16-14-21(23(35)17-33)22-13-15-31-27-24(26(30)36)25(32-34(22)27)18-9-11-20(12-10-18)38-19-7-5-4-6-8-19/h4-12,21-22,31H,13-17H2,1-3H3,(H2,30,36)/t21?,22-/m0/s1. The lowest BCUT2D eigenvalue weighted by Gasteiger charge is -2.37. The molecule has 2 amide bonds. The molecule has 2 atom stereocenters. The van der Waals surface area contributed by atoms with Crippen LogP contribution in [0.5, 0.6) is 11.5 Å². The Morgan fingerprint density at radius 1 is 1.03 bits per heavy atom. The Hall–Kier alpha value is -4.34. The number of anilines is 1. The maximum atomic E-state index is 13.3. The zero-order chi connectivity index (χ0) is 27.7. The van der Waals surface area contributed by atoms with Gasteiger partial charge in [0.1, 0.15) is 34.2 Å². The summed E-state index contributed by atoms with van der Waals surface area (Å²) in [6.45, 7) is 6.35. The molecule has 5 rings (SSSR count). The molecule has 10 nitrogen and oxygen atoms in total. The normalized spacial score (nSPS) is 19.2. The van der Waals surface area contributed by atoms with Gasteiger partial charge in [-0.1, -0.05) is 18.2 Å². The zero-order valence-corrected chi connectivity index (χ0v) is 22.3. The molecule has 0 spiro atoms. The Bertz CT molecular complexity index is 1380. The number of carbonyl (C=O) groups excluding carboxylic acids is 3. The van der Waals surface area contributed by atoms with Crippen LogP contribution in [-0.4, -0.2) is 57.7 Å². The highest BCUT2D eigenvalue weighted by atomic mass is 16.6. The average Bonchev–Trinajstić information content (AvgIpc) is 3.29. The Morgan fingerprint density at radius 2 is 1.72 bits per heavy atom. The SMILES string of the molecule is CC(C)(C)OC(=O)N1CCC([C@@H]2CCNc3c(C(N)=O)c(-c4ccc(Oc5ccccc5)cc4)nn32)C(=O)C1. The molecule has 10 heteroatoms. The van der Waals surface area contributed by atoms with Crippen LogP contribution in [0.3, 0.4) is 0 Å². The molecule has 1 saturated heterocycles. The first-order chi connectivity index (χ1) is 18.6. The Balaban J connectivity index is 1.39. The minimum Gasteiger partial charge on any atom is -0.457 e. The van der Waals surface area contributed by atoms with Crippen molar-refractivity contribution in [3.8, 4) is 22.8 Å². The monoisotopic (exact) mass is 531 g/mol. The second kappa shape index (κ2) is 10.4. The maximum absolute atomic E-state index is 13.3. The van der Waals surface area contributed by atoms with E-state index < -0.39 is 17.6 Å². The van der Waals surface area contributed by atoms with Crippen molar-refractivity contribution in [2.75, 3.05) is 25.0 Å². The second-order valence-corrected chi connectivity index (χ2v) is 10.9. The van der Waals surface area contributed by atoms with Crippen LogP contribution in [-0.2, 0) is 9.53 Å². The Kier molecular flexibility index (Phi) is 7.03. The number of primary amides is 1. The summed E-state index contributed by atoms with van der Waals surface area (Å²) in [5.74, 6) is 0.878. The van der Waals surface area contributed by atoms with Crippen molar-refractivity contribution >= 4 is 23.6 Å². The molecule has 2 aliphatic rings. The number of aromatic nitrogens is 2. The van der Waals surface area contributed by atoms with Gasteiger partial charge in [-0.25, -0.2) is 9.48 Å². The van der Waals surface area contributed by atoms with E-state index in [1.54, 1.807) is 25.5 Å². The molecule has 3 heterocycles. The van der Waals surface area contributed by atoms with Crippen LogP contribution in [0.4, 0.5) is 10.6 Å². The van der Waals surface area contributed by atoms with Crippen LogP contribution in [0.2, 0.25) is 0 Å². The molecule has 0 radical (unpaired) electrons. The molecular weight excluding hydrogens is 498 g/mol. The fraction of sp³-hybridized carbons (Fsp3) is 0.379. The van der Waals surface area contributed by atoms with Gasteiger partial charge in [0.25, 0.3) is 5.91 Å². The summed E-state index contributed by atoms with van der Waals surface area (Å²) >= 11 is 0. The van der Waals surface area contributed by atoms with Crippen molar-refractivity contribution in [3.05, 3.63) is 60.2 Å². The van der Waals surface area contributed by atoms with E-state index in [2.05, 4.69) is 5.32 Å². The van der Waals surface area contributed by atoms with Crippen LogP contribution in [0.25, 0.3) is 11.3 Å². The highest BCUT2D eigenvalue weighted by Gasteiger charge is 2.40. The van der Waals surface area contributed by atoms with Crippen LogP contribution in [0.1, 0.15) is 50.0 Å². The van der Waals surface area contributed by atoms with Crippen molar-refractivity contribution in [3.63, 3.8) is 0 Å². The number of nitrogens with two attached hydrogens (primary N) is 1. The van der Waals surface area contributed by atoms with Gasteiger partial charge in [0, 0.05) is 24.6 Å². The zero-order valence-electron chi connectivity index (χ0n) is 22.3. The minimum atomic E-state index is -0.635. The lowest BCUT2D eigenvalue weighted by molar-refractivity contribution is -0.128. The molecule has 3 aromatic rings. The van der Waals surface area contributed by atoms with Gasteiger partial charge in [-0.15, -0.1) is 0 Å². The number of benzene rings is 2. The smallest absolute Gasteiger partial charge is 0.410 e. The number of fused-ring (bicyclic) bond motifs is 1. The van der Waals surface area contributed by atoms with Crippen LogP contribution in [0, 0.1) is 5.92 Å². The van der Waals surface area contributed by atoms with Gasteiger partial charge in [-0.05, 0) is 70.0 Å². The molecule has 2 aliphatic heterocycles. The van der Waals surface area contributed by atoms with E-state index in [1.165, 1.54) is 4.90 Å². The Morgan fingerprint density at radius 3 is 2.36 bits per heavy atom. The number of rotatable bonds is 5. The molecule has 39 heavy (non-hydrogen) atoms. The Labute approximate surface area is 227 Å². The lowest BCUT2D eigenvalue weighted by atomic mass is 9.86. The number of Topliss-reactive ketones (excluding diaryl/α,β-unsaturated/α-hetero) is 1. The summed E-state index contributed by atoms with van der Waals surface area (Å²) in [6.07, 6.45) is 0.644. The number of carbonyl (C=O) groups is 3. The third-order valence-electron chi connectivity index (χ3n) is 6.90. The number of hydrogen-bond donors (Lipinski definition) is 2. The first kappa shape index (κ1) is 26.3. The van der Waals surface area contributed by atoms with Crippen molar-refractivity contribution < 1.29 is 23.9 Å². The summed E-state index contributed by atoms with van der Waals surface area (Å²) in [4.78, 5) is 39.8. The quantitative estimate of drug-likeness (QED) is 0.491. The molecule has 1 aromatic heterocycles. The lowest BCUT2D eigenvalue weighted by Crippen LogP contribution is -2.48. The molecule has 3 N–H and O–H groups in total. The van der Waals surface area contributed by atoms with Crippen LogP contribution >= 0.6 is 0 Å². The number of ketones is 1. The van der Waals surface area contributed by atoms with E-state index in [1.807, 2.05) is 54.6 Å². The molecule has 1 fully saturated rings. The largest absolute Gasteiger partial charge is 0.457 e. The van der Waals surface area contributed by atoms with E-state index in [-0.39, 0.29) is 29.9 Å². The number of ether oxygens (including phenoxy) is 2. The number of piperidine rings is 1. The molecule has 2 aromatic carbocycles. The highest BCUT2D eigenvalue weighted by Crippen LogP contribution is 2.39. The van der Waals surface area contributed by atoms with Gasteiger partial charge in [0.2, 0.25) is 0 Å². The molecule has 1 unspecified atom stereocenters. The average molecular weight is 532 g/mol. The van der Waals surface area contributed by atoms with Gasteiger partial charge in [0.15, 0.2) is 5.78 Å². The van der Waals surface area contributed by atoms with E-state index >= 15 is 0 Å². The van der Waals surface area contributed by atoms with Gasteiger partial charge in [-0.2, -0.15) is 5.10 Å². The highest BCUT2D eigenvalue weighted by molar-refractivity contribution is 6.04. The summed E-state index contributed by atoms with van der Waals surface area (Å²) < 4.78 is 13.1. The second-order valence-electron chi connectivity index (χ2n) is 10.9. The fourth-order valence-electron chi connectivity index (χ4n) is 5.15. The fourth-order valence-corrected chi connectivity index (χ4v) is 5.15. The van der Waals surface area contributed by atoms with Crippen LogP contribution in [0.15, 0.2) is 54.6 Å². The van der Waals surface area contributed by atoms with E-state index in [4.69, 9.17) is 20.3 Å². The number of para-hydroxylation sites is 1. The summed E-state index contributed by atoms with van der Waals surface area (Å²) in [5, 5.41) is 8.07. The molecule has 0 aliphatic carbocycles. The van der Waals surface area contributed by atoms with Crippen molar-refractivity contribution in [1.82, 2.24) is 14.7 Å². The maximum Gasteiger partial charge on any atom is 0.410 e. The van der Waals surface area contributed by atoms with E-state index in [0.29, 0.717) is 48.8 Å². The van der Waals surface area contributed by atoms with Gasteiger partial charge < -0.3 is 25.4 Å². The number of hydrogen-bond acceptors (Lipinski definition) is 7. The van der Waals surface area contributed by atoms with E-state index in [0.717, 1.165) is 5.75 Å². The first-order valence-corrected chi connectivity index (χ1v) is 13.1. The number of nitrogens with zero attached hydrogens (tertiary/aromatic N) is 3. The third kappa shape index (κ3) is 5.59. The number of nitrogens with one attached hydrogen (secondary N) is 1. The van der Waals surface area contributed by atoms with Crippen molar-refractivity contribution in [2.45, 2.75) is 45.3 Å². The minimum absolute atomic E-state index is 0.0154.